The molecule has 2 bridgehead atoms. The van der Waals surface area contributed by atoms with Crippen molar-refractivity contribution in [3.05, 3.63) is 24.0 Å². The van der Waals surface area contributed by atoms with Crippen molar-refractivity contribution in [2.45, 2.75) is 25.3 Å². The summed E-state index contributed by atoms with van der Waals surface area (Å²) in [5.74, 6) is 2.50. The molecule has 1 aromatic rings. The van der Waals surface area contributed by atoms with Gasteiger partial charge in [-0.1, -0.05) is 0 Å². The molecule has 4 unspecified atom stereocenters. The lowest BCUT2D eigenvalue weighted by atomic mass is 10.0. The molecule has 3 fully saturated rings. The van der Waals surface area contributed by atoms with Crippen molar-refractivity contribution in [3.8, 4) is 0 Å². The number of nitrogens with one attached hydrogen (secondary N) is 1. The summed E-state index contributed by atoms with van der Waals surface area (Å²) in [5, 5.41) is 12.6. The number of carboxylic acid groups (broad SMARTS) is 1. The molecule has 0 amide bonds. The zero-order chi connectivity index (χ0) is 12.3. The van der Waals surface area contributed by atoms with E-state index in [0.29, 0.717) is 6.04 Å². The Morgan fingerprint density at radius 2 is 2.06 bits per heavy atom. The second-order valence-corrected chi connectivity index (χ2v) is 5.88. The fraction of sp³-hybridized carbons (Fsp3) is 0.571. The van der Waals surface area contributed by atoms with Gasteiger partial charge in [0.1, 0.15) is 5.56 Å². The van der Waals surface area contributed by atoms with Gasteiger partial charge in [-0.05, 0) is 49.0 Å². The van der Waals surface area contributed by atoms with E-state index in [9.17, 15) is 4.79 Å². The predicted molar refractivity (Wildman–Crippen MR) is 66.4 cm³/mol. The van der Waals surface area contributed by atoms with Crippen LogP contribution in [0.1, 0.15) is 29.6 Å². The van der Waals surface area contributed by atoms with Crippen LogP contribution in [0.5, 0.6) is 0 Å². The fourth-order valence-electron chi connectivity index (χ4n) is 4.39. The number of pyridine rings is 1. The van der Waals surface area contributed by atoms with Crippen molar-refractivity contribution in [1.82, 2.24) is 4.98 Å². The Balaban J connectivity index is 1.55. The van der Waals surface area contributed by atoms with Gasteiger partial charge in [-0.2, -0.15) is 0 Å². The highest BCUT2D eigenvalue weighted by Gasteiger charge is 2.65. The van der Waals surface area contributed by atoms with Crippen molar-refractivity contribution in [2.75, 3.05) is 5.32 Å². The summed E-state index contributed by atoms with van der Waals surface area (Å²) in [7, 11) is 0. The Labute approximate surface area is 105 Å². The van der Waals surface area contributed by atoms with Gasteiger partial charge in [0, 0.05) is 18.4 Å². The average Bonchev–Trinajstić information content (AvgIpc) is 2.78. The van der Waals surface area contributed by atoms with Crippen LogP contribution in [0.3, 0.4) is 0 Å². The van der Waals surface area contributed by atoms with E-state index in [1.54, 1.807) is 12.3 Å². The highest BCUT2D eigenvalue weighted by Crippen LogP contribution is 2.66. The van der Waals surface area contributed by atoms with Crippen molar-refractivity contribution < 1.29 is 9.90 Å². The molecule has 3 aliphatic carbocycles. The molecule has 0 spiro atoms. The summed E-state index contributed by atoms with van der Waals surface area (Å²) in [6, 6.07) is 2.29. The number of fused-ring (bicyclic) bond motifs is 5. The van der Waals surface area contributed by atoms with E-state index >= 15 is 0 Å². The minimum absolute atomic E-state index is 0.287. The quantitative estimate of drug-likeness (QED) is 0.856. The monoisotopic (exact) mass is 244 g/mol. The van der Waals surface area contributed by atoms with E-state index in [1.165, 1.54) is 25.5 Å². The Morgan fingerprint density at radius 1 is 1.33 bits per heavy atom. The highest BCUT2D eigenvalue weighted by atomic mass is 16.4. The fourth-order valence-corrected chi connectivity index (χ4v) is 4.39. The van der Waals surface area contributed by atoms with Crippen LogP contribution in [0.25, 0.3) is 0 Å². The molecule has 4 atom stereocenters. The minimum Gasteiger partial charge on any atom is -0.478 e. The van der Waals surface area contributed by atoms with E-state index in [4.69, 9.17) is 5.11 Å². The van der Waals surface area contributed by atoms with E-state index in [0.717, 1.165) is 29.4 Å². The third-order valence-corrected chi connectivity index (χ3v) is 5.11. The van der Waals surface area contributed by atoms with Crippen LogP contribution in [0.2, 0.25) is 0 Å². The first-order valence-electron chi connectivity index (χ1n) is 6.69. The van der Waals surface area contributed by atoms with Crippen molar-refractivity contribution >= 4 is 11.7 Å². The highest BCUT2D eigenvalue weighted by molar-refractivity contribution is 5.93. The van der Waals surface area contributed by atoms with Gasteiger partial charge >= 0.3 is 5.97 Å². The van der Waals surface area contributed by atoms with Crippen molar-refractivity contribution in [3.63, 3.8) is 0 Å². The van der Waals surface area contributed by atoms with E-state index in [1.807, 2.05) is 0 Å². The Bertz CT molecular complexity index is 500. The molecule has 4 heteroatoms. The lowest BCUT2D eigenvalue weighted by molar-refractivity contribution is 0.0697. The molecular weight excluding hydrogens is 228 g/mol. The molecule has 4 rings (SSSR count). The van der Waals surface area contributed by atoms with Gasteiger partial charge < -0.3 is 10.4 Å². The van der Waals surface area contributed by atoms with Crippen LogP contribution < -0.4 is 5.32 Å². The number of hydrogen-bond acceptors (Lipinski definition) is 3. The molecule has 18 heavy (non-hydrogen) atoms. The molecule has 3 aliphatic rings. The SMILES string of the molecule is O=C(O)c1cnccc1NC1C2C3CCC(C3)C12. The molecule has 0 saturated heterocycles. The second-order valence-electron chi connectivity index (χ2n) is 5.88. The molecule has 94 valence electrons. The van der Waals surface area contributed by atoms with Gasteiger partial charge in [0.2, 0.25) is 0 Å². The standard InChI is InChI=1S/C14H16N2O2/c17-14(18)9-6-15-4-3-10(9)16-13-11-7-1-2-8(5-7)12(11)13/h3-4,6-8,11-13H,1-2,5H2,(H,15,16)(H,17,18). The molecular formula is C14H16N2O2. The number of nitrogens with zero attached hydrogens (tertiary/aromatic N) is 1. The topological polar surface area (TPSA) is 62.2 Å². The lowest BCUT2D eigenvalue weighted by Gasteiger charge is -2.13. The first-order chi connectivity index (χ1) is 8.75. The number of aromatic carboxylic acids is 1. The second kappa shape index (κ2) is 3.46. The Hall–Kier alpha value is -1.58. The van der Waals surface area contributed by atoms with Gasteiger partial charge in [0.05, 0.1) is 5.69 Å². The van der Waals surface area contributed by atoms with E-state index < -0.39 is 5.97 Å². The van der Waals surface area contributed by atoms with Crippen molar-refractivity contribution in [1.29, 1.82) is 0 Å². The number of carbonyl (C=O) groups is 1. The summed E-state index contributed by atoms with van der Waals surface area (Å²) in [6.45, 7) is 0. The number of anilines is 1. The predicted octanol–water partition coefficient (Wildman–Crippen LogP) is 2.24. The maximum absolute atomic E-state index is 11.1. The van der Waals surface area contributed by atoms with Crippen LogP contribution in [0.15, 0.2) is 18.5 Å². The summed E-state index contributed by atoms with van der Waals surface area (Å²) >= 11 is 0. The Kier molecular flexibility index (Phi) is 1.99. The van der Waals surface area contributed by atoms with Crippen LogP contribution in [0, 0.1) is 23.7 Å². The third-order valence-electron chi connectivity index (χ3n) is 5.11. The van der Waals surface area contributed by atoms with Gasteiger partial charge in [-0.25, -0.2) is 4.79 Å². The van der Waals surface area contributed by atoms with Gasteiger partial charge in [0.25, 0.3) is 0 Å². The Morgan fingerprint density at radius 3 is 2.72 bits per heavy atom. The lowest BCUT2D eigenvalue weighted by Crippen LogP contribution is -2.15. The van der Waals surface area contributed by atoms with Crippen LogP contribution in [-0.4, -0.2) is 22.1 Å². The number of hydrogen-bond donors (Lipinski definition) is 2. The molecule has 0 aliphatic heterocycles. The van der Waals surface area contributed by atoms with Crippen LogP contribution in [0.4, 0.5) is 5.69 Å². The summed E-state index contributed by atoms with van der Waals surface area (Å²) in [4.78, 5) is 15.0. The summed E-state index contributed by atoms with van der Waals surface area (Å²) in [6.07, 6.45) is 7.26. The van der Waals surface area contributed by atoms with Crippen LogP contribution >= 0.6 is 0 Å². The molecule has 4 nitrogen and oxygen atoms in total. The molecule has 1 heterocycles. The van der Waals surface area contributed by atoms with Crippen LogP contribution in [-0.2, 0) is 0 Å². The van der Waals surface area contributed by atoms with Gasteiger partial charge in [-0.3, -0.25) is 4.98 Å². The number of carboxylic acids is 1. The molecule has 1 aromatic heterocycles. The van der Waals surface area contributed by atoms with Crippen molar-refractivity contribution in [2.24, 2.45) is 23.7 Å². The zero-order valence-corrected chi connectivity index (χ0v) is 10.0. The maximum Gasteiger partial charge on any atom is 0.339 e. The molecule has 0 aromatic carbocycles. The van der Waals surface area contributed by atoms with Gasteiger partial charge in [0.15, 0.2) is 0 Å². The molecule has 2 N–H and O–H groups in total. The van der Waals surface area contributed by atoms with E-state index in [2.05, 4.69) is 10.3 Å². The normalized spacial score (nSPS) is 39.4. The third kappa shape index (κ3) is 1.32. The number of aromatic nitrogens is 1. The zero-order valence-electron chi connectivity index (χ0n) is 10.0. The first kappa shape index (κ1) is 10.4. The molecule has 3 saturated carbocycles. The average molecular weight is 244 g/mol. The first-order valence-corrected chi connectivity index (χ1v) is 6.69. The van der Waals surface area contributed by atoms with Gasteiger partial charge in [-0.15, -0.1) is 0 Å². The summed E-state index contributed by atoms with van der Waals surface area (Å²) < 4.78 is 0. The largest absolute Gasteiger partial charge is 0.478 e. The van der Waals surface area contributed by atoms with E-state index in [-0.39, 0.29) is 5.56 Å². The molecule has 0 radical (unpaired) electrons. The minimum atomic E-state index is -0.903. The number of rotatable bonds is 3. The maximum atomic E-state index is 11.1. The smallest absolute Gasteiger partial charge is 0.339 e. The summed E-state index contributed by atoms with van der Waals surface area (Å²) in [5.41, 5.74) is 1.02.